The summed E-state index contributed by atoms with van der Waals surface area (Å²) >= 11 is 0. The van der Waals surface area contributed by atoms with Crippen LogP contribution < -0.4 is 20.3 Å². The highest BCUT2D eigenvalue weighted by atomic mass is 32.2. The van der Waals surface area contributed by atoms with E-state index in [4.69, 9.17) is 9.47 Å². The van der Waals surface area contributed by atoms with E-state index in [0.29, 0.717) is 37.4 Å². The monoisotopic (exact) mass is 449 g/mol. The van der Waals surface area contributed by atoms with Gasteiger partial charge in [0.05, 0.1) is 0 Å². The van der Waals surface area contributed by atoms with Crippen molar-refractivity contribution < 1.29 is 31.9 Å². The lowest BCUT2D eigenvalue weighted by molar-refractivity contribution is -0.131. The number of hydrogen-bond acceptors (Lipinski definition) is 6. The summed E-state index contributed by atoms with van der Waals surface area (Å²) < 4.78 is 51.7. The van der Waals surface area contributed by atoms with Crippen LogP contribution in [0.15, 0.2) is 47.4 Å². The highest BCUT2D eigenvalue weighted by molar-refractivity contribution is 7.89. The molecule has 2 aromatic carbocycles. The van der Waals surface area contributed by atoms with Gasteiger partial charge >= 0.3 is 0 Å². The fourth-order valence-corrected chi connectivity index (χ4v) is 4.94. The summed E-state index contributed by atoms with van der Waals surface area (Å²) in [5, 5.41) is 0. The molecule has 0 aliphatic carbocycles. The van der Waals surface area contributed by atoms with Crippen LogP contribution in [-0.2, 0) is 14.8 Å². The zero-order valence-electron chi connectivity index (χ0n) is 16.3. The number of fused-ring (bicyclic) bond motifs is 1. The molecule has 0 bridgehead atoms. The van der Waals surface area contributed by atoms with E-state index in [1.54, 1.807) is 24.3 Å². The Morgan fingerprint density at radius 3 is 2.48 bits per heavy atom. The number of hydrogen-bond donors (Lipinski definition) is 2. The lowest BCUT2D eigenvalue weighted by Crippen LogP contribution is -2.50. The van der Waals surface area contributed by atoms with Gasteiger partial charge in [-0.25, -0.2) is 12.8 Å². The van der Waals surface area contributed by atoms with Gasteiger partial charge in [-0.15, -0.1) is 0 Å². The van der Waals surface area contributed by atoms with E-state index in [0.717, 1.165) is 18.2 Å². The maximum atomic E-state index is 14.2. The SMILES string of the molecule is O=C(NNC(=O)C1COc2ccccc2O1)c1ccc(F)c(S(=O)(=O)N2CCCC2)c1. The van der Waals surface area contributed by atoms with E-state index in [-0.39, 0.29) is 12.2 Å². The van der Waals surface area contributed by atoms with Gasteiger partial charge in [-0.1, -0.05) is 12.1 Å². The Hall–Kier alpha value is -3.18. The van der Waals surface area contributed by atoms with Crippen molar-refractivity contribution in [2.24, 2.45) is 0 Å². The number of carbonyl (C=O) groups excluding carboxylic acids is 2. The number of halogens is 1. The maximum Gasteiger partial charge on any atom is 0.283 e. The molecule has 0 radical (unpaired) electrons. The van der Waals surface area contributed by atoms with Gasteiger partial charge in [-0.2, -0.15) is 4.31 Å². The van der Waals surface area contributed by atoms with Crippen LogP contribution in [0.2, 0.25) is 0 Å². The summed E-state index contributed by atoms with van der Waals surface area (Å²) in [5.74, 6) is -1.50. The Balaban J connectivity index is 1.42. The molecule has 2 aromatic rings. The van der Waals surface area contributed by atoms with E-state index >= 15 is 0 Å². The third-order valence-electron chi connectivity index (χ3n) is 4.98. The van der Waals surface area contributed by atoms with E-state index in [9.17, 15) is 22.4 Å². The first-order valence-electron chi connectivity index (χ1n) is 9.64. The molecule has 4 rings (SSSR count). The third kappa shape index (κ3) is 4.32. The molecule has 0 spiro atoms. The molecule has 0 saturated carbocycles. The number of nitrogens with zero attached hydrogens (tertiary/aromatic N) is 1. The molecule has 1 fully saturated rings. The van der Waals surface area contributed by atoms with Crippen LogP contribution in [0.25, 0.3) is 0 Å². The van der Waals surface area contributed by atoms with Crippen LogP contribution >= 0.6 is 0 Å². The van der Waals surface area contributed by atoms with Crippen LogP contribution in [0.5, 0.6) is 11.5 Å². The topological polar surface area (TPSA) is 114 Å². The van der Waals surface area contributed by atoms with Crippen molar-refractivity contribution in [2.75, 3.05) is 19.7 Å². The molecule has 0 aromatic heterocycles. The summed E-state index contributed by atoms with van der Waals surface area (Å²) in [4.78, 5) is 24.1. The van der Waals surface area contributed by atoms with Gasteiger partial charge in [-0.3, -0.25) is 20.4 Å². The van der Waals surface area contributed by atoms with Crippen LogP contribution in [-0.4, -0.2) is 50.3 Å². The van der Waals surface area contributed by atoms with Crippen LogP contribution in [0.1, 0.15) is 23.2 Å². The molecule has 2 aliphatic rings. The molecule has 11 heteroatoms. The second kappa shape index (κ2) is 8.52. The van der Waals surface area contributed by atoms with Gasteiger partial charge in [0.15, 0.2) is 11.5 Å². The van der Waals surface area contributed by atoms with Crippen molar-refractivity contribution in [1.82, 2.24) is 15.2 Å². The molecule has 164 valence electrons. The summed E-state index contributed by atoms with van der Waals surface area (Å²) in [6, 6.07) is 9.85. The van der Waals surface area contributed by atoms with Crippen LogP contribution in [0, 0.1) is 5.82 Å². The van der Waals surface area contributed by atoms with Gasteiger partial charge in [0.1, 0.15) is 17.3 Å². The Morgan fingerprint density at radius 1 is 1.03 bits per heavy atom. The Bertz CT molecular complexity index is 1120. The molecule has 1 atom stereocenters. The number of amides is 2. The molecule has 1 unspecified atom stereocenters. The zero-order valence-corrected chi connectivity index (χ0v) is 17.2. The molecule has 2 aliphatic heterocycles. The van der Waals surface area contributed by atoms with Gasteiger partial charge in [-0.05, 0) is 43.2 Å². The second-order valence-electron chi connectivity index (χ2n) is 7.06. The lowest BCUT2D eigenvalue weighted by Gasteiger charge is -2.25. The average molecular weight is 449 g/mol. The number of ether oxygens (including phenoxy) is 2. The number of para-hydroxylation sites is 2. The Kier molecular flexibility index (Phi) is 5.79. The predicted molar refractivity (Wildman–Crippen MR) is 106 cm³/mol. The fourth-order valence-electron chi connectivity index (χ4n) is 3.33. The zero-order chi connectivity index (χ0) is 22.0. The van der Waals surface area contributed by atoms with Gasteiger partial charge in [0, 0.05) is 18.7 Å². The standard InChI is InChI=1S/C20H20FN3O6S/c21-14-8-7-13(11-18(14)31(27,28)24-9-3-4-10-24)19(25)22-23-20(26)17-12-29-15-5-1-2-6-16(15)30-17/h1-2,5-8,11,17H,3-4,9-10,12H2,(H,22,25)(H,23,26). The number of nitrogens with one attached hydrogen (secondary N) is 2. The van der Waals surface area contributed by atoms with Crippen molar-refractivity contribution in [2.45, 2.75) is 23.8 Å². The molecular weight excluding hydrogens is 429 g/mol. The summed E-state index contributed by atoms with van der Waals surface area (Å²) in [6.07, 6.45) is 0.407. The van der Waals surface area contributed by atoms with Crippen molar-refractivity contribution in [3.63, 3.8) is 0 Å². The van der Waals surface area contributed by atoms with E-state index in [2.05, 4.69) is 10.9 Å². The van der Waals surface area contributed by atoms with Crippen molar-refractivity contribution >= 4 is 21.8 Å². The Labute approximate surface area is 178 Å². The highest BCUT2D eigenvalue weighted by Crippen LogP contribution is 2.30. The number of hydrazine groups is 1. The highest BCUT2D eigenvalue weighted by Gasteiger charge is 2.31. The van der Waals surface area contributed by atoms with Gasteiger partial charge < -0.3 is 9.47 Å². The third-order valence-corrected chi connectivity index (χ3v) is 6.89. The molecule has 9 nitrogen and oxygen atoms in total. The van der Waals surface area contributed by atoms with Crippen molar-refractivity contribution in [3.8, 4) is 11.5 Å². The predicted octanol–water partition coefficient (Wildman–Crippen LogP) is 1.21. The number of benzene rings is 2. The quantitative estimate of drug-likeness (QED) is 0.679. The molecule has 1 saturated heterocycles. The first-order chi connectivity index (χ1) is 14.9. The van der Waals surface area contributed by atoms with Crippen LogP contribution in [0.4, 0.5) is 4.39 Å². The number of carbonyl (C=O) groups is 2. The van der Waals surface area contributed by atoms with E-state index < -0.39 is 38.7 Å². The molecule has 2 heterocycles. The smallest absolute Gasteiger partial charge is 0.283 e. The molecule has 2 amide bonds. The minimum atomic E-state index is -4.05. The van der Waals surface area contributed by atoms with E-state index in [1.165, 1.54) is 4.31 Å². The summed E-state index contributed by atoms with van der Waals surface area (Å²) in [5.41, 5.74) is 4.28. The first-order valence-corrected chi connectivity index (χ1v) is 11.1. The van der Waals surface area contributed by atoms with Crippen molar-refractivity contribution in [3.05, 3.63) is 53.8 Å². The minimum absolute atomic E-state index is 0.0481. The molecular formula is C20H20FN3O6S. The lowest BCUT2D eigenvalue weighted by atomic mass is 10.2. The van der Waals surface area contributed by atoms with Gasteiger partial charge in [0.25, 0.3) is 11.8 Å². The number of rotatable bonds is 4. The largest absolute Gasteiger partial charge is 0.485 e. The Morgan fingerprint density at radius 2 is 1.74 bits per heavy atom. The maximum absolute atomic E-state index is 14.2. The minimum Gasteiger partial charge on any atom is -0.485 e. The number of sulfonamides is 1. The summed E-state index contributed by atoms with van der Waals surface area (Å²) in [7, 11) is -4.05. The fraction of sp³-hybridized carbons (Fsp3) is 0.300. The van der Waals surface area contributed by atoms with Crippen molar-refractivity contribution in [1.29, 1.82) is 0 Å². The van der Waals surface area contributed by atoms with Crippen LogP contribution in [0.3, 0.4) is 0 Å². The average Bonchev–Trinajstić information content (AvgIpc) is 3.33. The van der Waals surface area contributed by atoms with E-state index in [1.807, 2.05) is 0 Å². The molecule has 31 heavy (non-hydrogen) atoms. The summed E-state index contributed by atoms with van der Waals surface area (Å²) in [6.45, 7) is 0.565. The molecule has 2 N–H and O–H groups in total. The van der Waals surface area contributed by atoms with Gasteiger partial charge in [0.2, 0.25) is 16.1 Å². The second-order valence-corrected chi connectivity index (χ2v) is 8.97. The normalized spacial score (nSPS) is 18.4. The first kappa shape index (κ1) is 21.1.